The first-order chi connectivity index (χ1) is 9.44. The van der Waals surface area contributed by atoms with Crippen LogP contribution in [0.5, 0.6) is 5.75 Å². The van der Waals surface area contributed by atoms with Gasteiger partial charge < -0.3 is 15.2 Å². The van der Waals surface area contributed by atoms with E-state index in [0.29, 0.717) is 19.4 Å². The number of ether oxygens (including phenoxy) is 1. The Morgan fingerprint density at radius 3 is 2.35 bits per heavy atom. The number of amides is 1. The van der Waals surface area contributed by atoms with Crippen molar-refractivity contribution < 1.29 is 19.4 Å². The van der Waals surface area contributed by atoms with Crippen molar-refractivity contribution in [3.05, 3.63) is 29.8 Å². The molecule has 5 nitrogen and oxygen atoms in total. The number of hydrogen-bond donors (Lipinski definition) is 2. The Kier molecular flexibility index (Phi) is 3.97. The summed E-state index contributed by atoms with van der Waals surface area (Å²) in [5.74, 6) is -0.650. The van der Waals surface area contributed by atoms with Crippen molar-refractivity contribution in [1.82, 2.24) is 5.32 Å². The van der Waals surface area contributed by atoms with Gasteiger partial charge in [-0.2, -0.15) is 0 Å². The molecule has 1 aliphatic carbocycles. The van der Waals surface area contributed by atoms with E-state index in [-0.39, 0.29) is 6.10 Å². The molecule has 0 saturated heterocycles. The molecule has 1 aromatic carbocycles. The highest BCUT2D eigenvalue weighted by atomic mass is 16.5. The van der Waals surface area contributed by atoms with Gasteiger partial charge in [-0.05, 0) is 44.4 Å². The molecule has 2 rings (SSSR count). The highest BCUT2D eigenvalue weighted by molar-refractivity contribution is 6.04. The van der Waals surface area contributed by atoms with Gasteiger partial charge in [-0.25, -0.2) is 0 Å². The molecule has 1 aliphatic rings. The molecular weight excluding hydrogens is 258 g/mol. The van der Waals surface area contributed by atoms with Crippen molar-refractivity contribution in [2.45, 2.75) is 39.3 Å². The van der Waals surface area contributed by atoms with E-state index in [0.717, 1.165) is 11.3 Å². The summed E-state index contributed by atoms with van der Waals surface area (Å²) in [5, 5.41) is 11.7. The molecule has 1 fully saturated rings. The smallest absolute Gasteiger partial charge is 0.319 e. The maximum Gasteiger partial charge on any atom is 0.319 e. The van der Waals surface area contributed by atoms with Gasteiger partial charge in [0, 0.05) is 6.54 Å². The lowest BCUT2D eigenvalue weighted by molar-refractivity contribution is -0.149. The number of carbonyl (C=O) groups is 2. The molecule has 1 amide bonds. The zero-order valence-corrected chi connectivity index (χ0v) is 11.7. The standard InChI is InChI=1S/C15H19NO4/c1-10(2)20-12-5-3-11(4-6-12)9-16-13(17)15(7-8-15)14(18)19/h3-6,10H,7-9H2,1-2H3,(H,16,17)(H,18,19). The van der Waals surface area contributed by atoms with Crippen molar-refractivity contribution in [1.29, 1.82) is 0 Å². The van der Waals surface area contributed by atoms with Gasteiger partial charge in [-0.3, -0.25) is 9.59 Å². The van der Waals surface area contributed by atoms with Crippen molar-refractivity contribution in [3.63, 3.8) is 0 Å². The minimum absolute atomic E-state index is 0.117. The Morgan fingerprint density at radius 2 is 1.90 bits per heavy atom. The van der Waals surface area contributed by atoms with Gasteiger partial charge in [0.15, 0.2) is 0 Å². The molecule has 1 aromatic rings. The third-order valence-corrected chi connectivity index (χ3v) is 3.34. The number of rotatable bonds is 6. The summed E-state index contributed by atoms with van der Waals surface area (Å²) < 4.78 is 5.53. The summed E-state index contributed by atoms with van der Waals surface area (Å²) in [7, 11) is 0. The van der Waals surface area contributed by atoms with E-state index >= 15 is 0 Å². The summed E-state index contributed by atoms with van der Waals surface area (Å²) >= 11 is 0. The zero-order chi connectivity index (χ0) is 14.8. The lowest BCUT2D eigenvalue weighted by atomic mass is 10.1. The Hall–Kier alpha value is -2.04. The van der Waals surface area contributed by atoms with Crippen LogP contribution in [0.25, 0.3) is 0 Å². The first-order valence-corrected chi connectivity index (χ1v) is 6.71. The van der Waals surface area contributed by atoms with Crippen LogP contribution >= 0.6 is 0 Å². The molecule has 0 spiro atoms. The van der Waals surface area contributed by atoms with Crippen molar-refractivity contribution >= 4 is 11.9 Å². The minimum atomic E-state index is -1.18. The molecule has 2 N–H and O–H groups in total. The summed E-state index contributed by atoms with van der Waals surface area (Å²) in [6, 6.07) is 7.40. The van der Waals surface area contributed by atoms with Crippen LogP contribution in [0.2, 0.25) is 0 Å². The number of carboxylic acids is 1. The third-order valence-electron chi connectivity index (χ3n) is 3.34. The van der Waals surface area contributed by atoms with Crippen LogP contribution in [-0.4, -0.2) is 23.1 Å². The van der Waals surface area contributed by atoms with Gasteiger partial charge in [-0.15, -0.1) is 0 Å². The third kappa shape index (κ3) is 3.10. The normalized spacial score (nSPS) is 15.8. The van der Waals surface area contributed by atoms with Gasteiger partial charge in [-0.1, -0.05) is 12.1 Å². The second-order valence-corrected chi connectivity index (χ2v) is 5.38. The molecule has 0 aliphatic heterocycles. The van der Waals surface area contributed by atoms with Gasteiger partial charge in [0.1, 0.15) is 11.2 Å². The molecule has 0 bridgehead atoms. The fraction of sp³-hybridized carbons (Fsp3) is 0.467. The maximum atomic E-state index is 11.8. The van der Waals surface area contributed by atoms with E-state index in [1.54, 1.807) is 0 Å². The molecule has 0 aromatic heterocycles. The fourth-order valence-corrected chi connectivity index (χ4v) is 1.97. The molecule has 0 atom stereocenters. The number of aliphatic carboxylic acids is 1. The summed E-state index contributed by atoms with van der Waals surface area (Å²) in [4.78, 5) is 22.8. The van der Waals surface area contributed by atoms with E-state index in [1.807, 2.05) is 38.1 Å². The lowest BCUT2D eigenvalue weighted by Gasteiger charge is -2.12. The van der Waals surface area contributed by atoms with Crippen molar-refractivity contribution in [2.24, 2.45) is 5.41 Å². The molecule has 108 valence electrons. The van der Waals surface area contributed by atoms with Crippen LogP contribution in [0.1, 0.15) is 32.3 Å². The Morgan fingerprint density at radius 1 is 1.30 bits per heavy atom. The van der Waals surface area contributed by atoms with Gasteiger partial charge in [0.2, 0.25) is 5.91 Å². The summed E-state index contributed by atoms with van der Waals surface area (Å²) in [6.07, 6.45) is 0.968. The predicted molar refractivity (Wildman–Crippen MR) is 73.4 cm³/mol. The molecule has 0 heterocycles. The van der Waals surface area contributed by atoms with Gasteiger partial charge in [0.25, 0.3) is 0 Å². The van der Waals surface area contributed by atoms with E-state index in [9.17, 15) is 9.59 Å². The number of benzene rings is 1. The first-order valence-electron chi connectivity index (χ1n) is 6.71. The van der Waals surface area contributed by atoms with Gasteiger partial charge in [0.05, 0.1) is 6.10 Å². The molecule has 0 unspecified atom stereocenters. The van der Waals surface area contributed by atoms with E-state index in [4.69, 9.17) is 9.84 Å². The molecule has 1 saturated carbocycles. The Balaban J connectivity index is 1.88. The largest absolute Gasteiger partial charge is 0.491 e. The number of carboxylic acid groups (broad SMARTS) is 1. The lowest BCUT2D eigenvalue weighted by Crippen LogP contribution is -2.36. The second kappa shape index (κ2) is 5.53. The highest BCUT2D eigenvalue weighted by Gasteiger charge is 2.56. The van der Waals surface area contributed by atoms with Crippen LogP contribution in [0, 0.1) is 5.41 Å². The van der Waals surface area contributed by atoms with Crippen LogP contribution in [-0.2, 0) is 16.1 Å². The predicted octanol–water partition coefficient (Wildman–Crippen LogP) is 1.95. The fourth-order valence-electron chi connectivity index (χ4n) is 1.97. The SMILES string of the molecule is CC(C)Oc1ccc(CNC(=O)C2(C(=O)O)CC2)cc1. The first kappa shape index (κ1) is 14.4. The Bertz CT molecular complexity index is 503. The highest BCUT2D eigenvalue weighted by Crippen LogP contribution is 2.46. The summed E-state index contributed by atoms with van der Waals surface area (Å²) in [5.41, 5.74) is -0.267. The molecule has 20 heavy (non-hydrogen) atoms. The topological polar surface area (TPSA) is 75.6 Å². The van der Waals surface area contributed by atoms with E-state index in [1.165, 1.54) is 0 Å². The average Bonchev–Trinajstić information content (AvgIpc) is 3.18. The minimum Gasteiger partial charge on any atom is -0.491 e. The van der Waals surface area contributed by atoms with Crippen LogP contribution < -0.4 is 10.1 Å². The number of hydrogen-bond acceptors (Lipinski definition) is 3. The monoisotopic (exact) mass is 277 g/mol. The van der Waals surface area contributed by atoms with E-state index < -0.39 is 17.3 Å². The number of carbonyl (C=O) groups excluding carboxylic acids is 1. The van der Waals surface area contributed by atoms with Gasteiger partial charge >= 0.3 is 5.97 Å². The van der Waals surface area contributed by atoms with E-state index in [2.05, 4.69) is 5.32 Å². The van der Waals surface area contributed by atoms with Crippen molar-refractivity contribution in [2.75, 3.05) is 0 Å². The molecule has 0 radical (unpaired) electrons. The average molecular weight is 277 g/mol. The summed E-state index contributed by atoms with van der Waals surface area (Å²) in [6.45, 7) is 4.24. The maximum absolute atomic E-state index is 11.8. The zero-order valence-electron chi connectivity index (χ0n) is 11.7. The quantitative estimate of drug-likeness (QED) is 0.779. The van der Waals surface area contributed by atoms with Crippen LogP contribution in [0.15, 0.2) is 24.3 Å². The Labute approximate surface area is 117 Å². The second-order valence-electron chi connectivity index (χ2n) is 5.38. The van der Waals surface area contributed by atoms with Crippen LogP contribution in [0.3, 0.4) is 0 Å². The van der Waals surface area contributed by atoms with Crippen LogP contribution in [0.4, 0.5) is 0 Å². The van der Waals surface area contributed by atoms with Crippen molar-refractivity contribution in [3.8, 4) is 5.75 Å². The molecular formula is C15H19NO4. The molecule has 5 heteroatoms. The number of nitrogens with one attached hydrogen (secondary N) is 1.